The van der Waals surface area contributed by atoms with E-state index in [1.165, 1.54) is 25.7 Å². The molecule has 0 saturated heterocycles. The van der Waals surface area contributed by atoms with Crippen LogP contribution in [0.3, 0.4) is 0 Å². The highest BCUT2D eigenvalue weighted by Crippen LogP contribution is 2.74. The molecule has 0 amide bonds. The molecular weight excluding hydrogens is 192 g/mol. The number of fused-ring (bicyclic) bond motifs is 1. The summed E-state index contributed by atoms with van der Waals surface area (Å²) in [4.78, 5) is 0. The van der Waals surface area contributed by atoms with Gasteiger partial charge in [-0.15, -0.1) is 0 Å². The van der Waals surface area contributed by atoms with Crippen LogP contribution in [0.25, 0.3) is 0 Å². The molecule has 0 heterocycles. The smallest absolute Gasteiger partial charge is 0.00282 e. The first-order valence-electron chi connectivity index (χ1n) is 7.02. The highest BCUT2D eigenvalue weighted by molar-refractivity contribution is 5.37. The summed E-state index contributed by atoms with van der Waals surface area (Å²) in [6.45, 7) is 12.5. The summed E-state index contributed by atoms with van der Waals surface area (Å²) in [7, 11) is 0. The maximum atomic E-state index is 2.64. The first-order chi connectivity index (χ1) is 7.30. The highest BCUT2D eigenvalue weighted by Gasteiger charge is 2.64. The molecule has 0 unspecified atom stereocenters. The van der Waals surface area contributed by atoms with Gasteiger partial charge < -0.3 is 0 Å². The summed E-state index contributed by atoms with van der Waals surface area (Å²) >= 11 is 0. The molecule has 0 nitrogen and oxygen atoms in total. The molecule has 0 radical (unpaired) electrons. The van der Waals surface area contributed by atoms with E-state index in [0.29, 0.717) is 16.2 Å². The Balaban J connectivity index is 2.18. The zero-order valence-electron chi connectivity index (χ0n) is 11.6. The van der Waals surface area contributed by atoms with E-state index in [9.17, 15) is 0 Å². The number of rotatable bonds is 0. The van der Waals surface area contributed by atoms with Gasteiger partial charge >= 0.3 is 0 Å². The van der Waals surface area contributed by atoms with Gasteiger partial charge in [0.25, 0.3) is 0 Å². The maximum absolute atomic E-state index is 2.64. The summed E-state index contributed by atoms with van der Waals surface area (Å²) < 4.78 is 0. The van der Waals surface area contributed by atoms with E-state index in [1.54, 1.807) is 0 Å². The molecule has 3 rings (SSSR count). The Bertz CT molecular complexity index is 358. The Morgan fingerprint density at radius 1 is 1.12 bits per heavy atom. The van der Waals surface area contributed by atoms with Crippen molar-refractivity contribution in [2.24, 2.45) is 28.1 Å². The first kappa shape index (κ1) is 10.9. The fourth-order valence-corrected chi connectivity index (χ4v) is 5.44. The minimum atomic E-state index is 0.490. The first-order valence-corrected chi connectivity index (χ1v) is 7.02. The molecule has 0 aromatic rings. The summed E-state index contributed by atoms with van der Waals surface area (Å²) in [5, 5.41) is 0. The van der Waals surface area contributed by atoms with E-state index in [1.807, 2.05) is 5.57 Å². The largest absolute Gasteiger partial charge is 0.0813 e. The SMILES string of the molecule is C[C@H]1C=C2C(C)(C)[C@H]3CC[C@@]2(C3)C(C)(C)C1. The second-order valence-corrected chi connectivity index (χ2v) is 7.89. The molecule has 0 N–H and O–H groups in total. The lowest BCUT2D eigenvalue weighted by Crippen LogP contribution is -2.43. The topological polar surface area (TPSA) is 0 Å². The van der Waals surface area contributed by atoms with Crippen molar-refractivity contribution in [3.63, 3.8) is 0 Å². The normalized spacial score (nSPS) is 47.7. The zero-order valence-corrected chi connectivity index (χ0v) is 11.6. The van der Waals surface area contributed by atoms with Crippen molar-refractivity contribution in [1.29, 1.82) is 0 Å². The summed E-state index contributed by atoms with van der Waals surface area (Å²) in [6.07, 6.45) is 8.45. The van der Waals surface area contributed by atoms with Crippen LogP contribution in [0.1, 0.15) is 60.3 Å². The quantitative estimate of drug-likeness (QED) is 0.512. The van der Waals surface area contributed by atoms with Gasteiger partial charge in [-0.2, -0.15) is 0 Å². The molecule has 2 bridgehead atoms. The van der Waals surface area contributed by atoms with E-state index in [-0.39, 0.29) is 0 Å². The third kappa shape index (κ3) is 1.02. The van der Waals surface area contributed by atoms with Gasteiger partial charge in [0.2, 0.25) is 0 Å². The minimum absolute atomic E-state index is 0.490. The van der Waals surface area contributed by atoms with Crippen LogP contribution in [-0.2, 0) is 0 Å². The zero-order chi connectivity index (χ0) is 11.8. The summed E-state index contributed by atoms with van der Waals surface area (Å²) in [6, 6.07) is 0. The molecule has 16 heavy (non-hydrogen) atoms. The van der Waals surface area contributed by atoms with Crippen molar-refractivity contribution in [3.8, 4) is 0 Å². The molecule has 0 aromatic heterocycles. The Morgan fingerprint density at radius 2 is 1.81 bits per heavy atom. The Labute approximate surface area is 101 Å². The summed E-state index contributed by atoms with van der Waals surface area (Å²) in [5.74, 6) is 1.75. The van der Waals surface area contributed by atoms with Crippen LogP contribution in [0.4, 0.5) is 0 Å². The predicted octanol–water partition coefficient (Wildman–Crippen LogP) is 4.81. The molecule has 3 aliphatic carbocycles. The second kappa shape index (κ2) is 2.76. The molecule has 0 heteroatoms. The fourth-order valence-electron chi connectivity index (χ4n) is 5.44. The third-order valence-corrected chi connectivity index (χ3v) is 6.32. The van der Waals surface area contributed by atoms with Crippen molar-refractivity contribution < 1.29 is 0 Å². The van der Waals surface area contributed by atoms with Crippen LogP contribution in [0.2, 0.25) is 0 Å². The van der Waals surface area contributed by atoms with Crippen molar-refractivity contribution >= 4 is 0 Å². The molecule has 1 spiro atoms. The van der Waals surface area contributed by atoms with E-state index >= 15 is 0 Å². The van der Waals surface area contributed by atoms with Gasteiger partial charge in [-0.05, 0) is 53.8 Å². The van der Waals surface area contributed by atoms with Crippen LogP contribution in [0, 0.1) is 28.1 Å². The second-order valence-electron chi connectivity index (χ2n) is 7.89. The van der Waals surface area contributed by atoms with Crippen LogP contribution < -0.4 is 0 Å². The number of hydrogen-bond acceptors (Lipinski definition) is 0. The van der Waals surface area contributed by atoms with Gasteiger partial charge in [-0.1, -0.05) is 46.3 Å². The number of allylic oxidation sites excluding steroid dienone is 2. The average molecular weight is 218 g/mol. The van der Waals surface area contributed by atoms with Crippen molar-refractivity contribution in [2.45, 2.75) is 60.3 Å². The molecule has 2 fully saturated rings. The standard InChI is InChI=1S/C16H26/c1-11-8-13-15(4,5)12-6-7-16(13,10-12)14(2,3)9-11/h8,11-12H,6-7,9-10H2,1-5H3/t11-,12-,16-/m0/s1. The van der Waals surface area contributed by atoms with E-state index < -0.39 is 0 Å². The Kier molecular flexibility index (Phi) is 1.88. The minimum Gasteiger partial charge on any atom is -0.0813 e. The van der Waals surface area contributed by atoms with E-state index in [0.717, 1.165) is 11.8 Å². The average Bonchev–Trinajstić information content (AvgIpc) is 2.63. The van der Waals surface area contributed by atoms with Gasteiger partial charge in [0, 0.05) is 0 Å². The fraction of sp³-hybridized carbons (Fsp3) is 0.875. The lowest BCUT2D eigenvalue weighted by Gasteiger charge is -2.52. The molecular formula is C16H26. The molecule has 0 aromatic carbocycles. The van der Waals surface area contributed by atoms with Gasteiger partial charge in [-0.25, -0.2) is 0 Å². The Morgan fingerprint density at radius 3 is 2.50 bits per heavy atom. The predicted molar refractivity (Wildman–Crippen MR) is 69.2 cm³/mol. The van der Waals surface area contributed by atoms with Crippen molar-refractivity contribution in [2.75, 3.05) is 0 Å². The third-order valence-electron chi connectivity index (χ3n) is 6.32. The highest BCUT2D eigenvalue weighted by atomic mass is 14.7. The van der Waals surface area contributed by atoms with Crippen LogP contribution in [0.15, 0.2) is 11.6 Å². The molecule has 3 atom stereocenters. The molecule has 0 aliphatic heterocycles. The van der Waals surface area contributed by atoms with Gasteiger partial charge in [0.1, 0.15) is 0 Å². The van der Waals surface area contributed by atoms with Gasteiger partial charge in [-0.3, -0.25) is 0 Å². The van der Waals surface area contributed by atoms with Crippen LogP contribution in [0.5, 0.6) is 0 Å². The van der Waals surface area contributed by atoms with E-state index in [4.69, 9.17) is 0 Å². The van der Waals surface area contributed by atoms with Crippen LogP contribution >= 0.6 is 0 Å². The summed E-state index contributed by atoms with van der Waals surface area (Å²) in [5.41, 5.74) is 3.43. The molecule has 2 saturated carbocycles. The van der Waals surface area contributed by atoms with Crippen molar-refractivity contribution in [1.82, 2.24) is 0 Å². The van der Waals surface area contributed by atoms with Crippen LogP contribution in [-0.4, -0.2) is 0 Å². The maximum Gasteiger partial charge on any atom is -0.00282 e. The molecule has 90 valence electrons. The monoisotopic (exact) mass is 218 g/mol. The van der Waals surface area contributed by atoms with E-state index in [2.05, 4.69) is 40.7 Å². The Hall–Kier alpha value is -0.260. The van der Waals surface area contributed by atoms with Crippen molar-refractivity contribution in [3.05, 3.63) is 11.6 Å². The lowest BCUT2D eigenvalue weighted by atomic mass is 9.52. The molecule has 3 aliphatic rings. The number of hydrogen-bond donors (Lipinski definition) is 0. The van der Waals surface area contributed by atoms with Gasteiger partial charge in [0.15, 0.2) is 0 Å². The van der Waals surface area contributed by atoms with Gasteiger partial charge in [0.05, 0.1) is 0 Å². The lowest BCUT2D eigenvalue weighted by molar-refractivity contribution is 0.0742.